The fourth-order valence-electron chi connectivity index (χ4n) is 2.48. The summed E-state index contributed by atoms with van der Waals surface area (Å²) in [7, 11) is 0. The molecule has 0 spiro atoms. The minimum atomic E-state index is 0.581. The van der Waals surface area contributed by atoms with E-state index >= 15 is 0 Å². The number of nitrogens with two attached hydrogens (primary N) is 1. The van der Waals surface area contributed by atoms with Gasteiger partial charge in [-0.05, 0) is 49.5 Å². The molecule has 1 saturated heterocycles. The fourth-order valence-corrected chi connectivity index (χ4v) is 2.48. The van der Waals surface area contributed by atoms with E-state index < -0.39 is 0 Å². The molecule has 2 unspecified atom stereocenters. The Hall–Kier alpha value is -0.930. The lowest BCUT2D eigenvalue weighted by Gasteiger charge is -2.27. The van der Waals surface area contributed by atoms with E-state index in [0.717, 1.165) is 13.1 Å². The zero-order valence-electron chi connectivity index (χ0n) is 9.97. The Morgan fingerprint density at radius 1 is 1.50 bits per heavy atom. The molecule has 2 heterocycles. The van der Waals surface area contributed by atoms with Gasteiger partial charge in [-0.3, -0.25) is 9.88 Å². The molecule has 0 aromatic carbocycles. The molecule has 0 radical (unpaired) electrons. The summed E-state index contributed by atoms with van der Waals surface area (Å²) in [6.45, 7) is 5.32. The largest absolute Gasteiger partial charge is 0.330 e. The van der Waals surface area contributed by atoms with Crippen LogP contribution in [0.25, 0.3) is 0 Å². The Morgan fingerprint density at radius 3 is 2.94 bits per heavy atom. The van der Waals surface area contributed by atoms with E-state index in [1.54, 1.807) is 0 Å². The third-order valence-electron chi connectivity index (χ3n) is 3.40. The average Bonchev–Trinajstić information content (AvgIpc) is 2.78. The maximum absolute atomic E-state index is 5.70. The van der Waals surface area contributed by atoms with Crippen molar-refractivity contribution in [1.82, 2.24) is 9.88 Å². The Bertz CT molecular complexity index is 312. The van der Waals surface area contributed by atoms with E-state index in [4.69, 9.17) is 5.73 Å². The highest BCUT2D eigenvalue weighted by molar-refractivity contribution is 5.16. The van der Waals surface area contributed by atoms with Gasteiger partial charge in [0.2, 0.25) is 0 Å². The minimum absolute atomic E-state index is 0.581. The second kappa shape index (κ2) is 5.41. The van der Waals surface area contributed by atoms with Crippen LogP contribution in [-0.4, -0.2) is 29.5 Å². The molecule has 1 aromatic heterocycles. The molecule has 2 atom stereocenters. The minimum Gasteiger partial charge on any atom is -0.330 e. The van der Waals surface area contributed by atoms with Gasteiger partial charge in [0.05, 0.1) is 0 Å². The first-order valence-corrected chi connectivity index (χ1v) is 6.15. The van der Waals surface area contributed by atoms with Gasteiger partial charge in [-0.15, -0.1) is 0 Å². The number of hydrogen-bond acceptors (Lipinski definition) is 3. The summed E-state index contributed by atoms with van der Waals surface area (Å²) < 4.78 is 0. The lowest BCUT2D eigenvalue weighted by atomic mass is 10.0. The van der Waals surface area contributed by atoms with Crippen LogP contribution in [0.3, 0.4) is 0 Å². The summed E-state index contributed by atoms with van der Waals surface area (Å²) in [5.41, 5.74) is 7.10. The van der Waals surface area contributed by atoms with Crippen LogP contribution in [0.4, 0.5) is 0 Å². The van der Waals surface area contributed by atoms with Crippen molar-refractivity contribution in [3.8, 4) is 0 Å². The van der Waals surface area contributed by atoms with Crippen LogP contribution in [0.15, 0.2) is 24.5 Å². The van der Waals surface area contributed by atoms with Gasteiger partial charge in [-0.25, -0.2) is 0 Å². The quantitative estimate of drug-likeness (QED) is 0.840. The summed E-state index contributed by atoms with van der Waals surface area (Å²) in [4.78, 5) is 6.64. The zero-order valence-corrected chi connectivity index (χ0v) is 9.97. The molecule has 3 heteroatoms. The van der Waals surface area contributed by atoms with E-state index in [2.05, 4.69) is 28.9 Å². The molecule has 88 valence electrons. The van der Waals surface area contributed by atoms with Crippen molar-refractivity contribution >= 4 is 0 Å². The predicted octanol–water partition coefficient (Wildman–Crippen LogP) is 1.81. The summed E-state index contributed by atoms with van der Waals surface area (Å²) in [5, 5.41) is 0. The van der Waals surface area contributed by atoms with Crippen molar-refractivity contribution in [3.63, 3.8) is 0 Å². The molecule has 1 fully saturated rings. The van der Waals surface area contributed by atoms with Crippen LogP contribution in [0.2, 0.25) is 0 Å². The number of nitrogens with zero attached hydrogens (tertiary/aromatic N) is 2. The number of aromatic nitrogens is 1. The molecule has 0 amide bonds. The molecule has 0 saturated carbocycles. The monoisotopic (exact) mass is 219 g/mol. The molecule has 16 heavy (non-hydrogen) atoms. The van der Waals surface area contributed by atoms with Crippen LogP contribution in [0, 0.1) is 5.92 Å². The van der Waals surface area contributed by atoms with Crippen molar-refractivity contribution < 1.29 is 0 Å². The molecular weight excluding hydrogens is 198 g/mol. The summed E-state index contributed by atoms with van der Waals surface area (Å²) >= 11 is 0. The Kier molecular flexibility index (Phi) is 3.91. The Balaban J connectivity index is 2.04. The molecule has 0 bridgehead atoms. The standard InChI is InChI=1S/C13H21N3/c1-11(9-14)10-16-8-2-3-13(16)12-4-6-15-7-5-12/h4-7,11,13H,2-3,8-10,14H2,1H3. The molecule has 2 N–H and O–H groups in total. The van der Waals surface area contributed by atoms with Gasteiger partial charge in [-0.1, -0.05) is 6.92 Å². The van der Waals surface area contributed by atoms with Crippen LogP contribution in [0.1, 0.15) is 31.4 Å². The van der Waals surface area contributed by atoms with Gasteiger partial charge in [0.1, 0.15) is 0 Å². The molecule has 1 aromatic rings. The number of likely N-dealkylation sites (tertiary alicyclic amines) is 1. The third kappa shape index (κ3) is 2.60. The second-order valence-corrected chi connectivity index (χ2v) is 4.77. The van der Waals surface area contributed by atoms with Crippen LogP contribution in [-0.2, 0) is 0 Å². The Labute approximate surface area is 97.7 Å². The highest BCUT2D eigenvalue weighted by Crippen LogP contribution is 2.31. The van der Waals surface area contributed by atoms with Crippen LogP contribution >= 0.6 is 0 Å². The van der Waals surface area contributed by atoms with E-state index in [0.29, 0.717) is 12.0 Å². The first kappa shape index (κ1) is 11.6. The topological polar surface area (TPSA) is 42.1 Å². The highest BCUT2D eigenvalue weighted by Gasteiger charge is 2.26. The van der Waals surface area contributed by atoms with Crippen LogP contribution < -0.4 is 5.73 Å². The molecule has 2 rings (SSSR count). The number of pyridine rings is 1. The van der Waals surface area contributed by atoms with Gasteiger partial charge in [0, 0.05) is 25.0 Å². The van der Waals surface area contributed by atoms with Crippen LogP contribution in [0.5, 0.6) is 0 Å². The Morgan fingerprint density at radius 2 is 2.25 bits per heavy atom. The van der Waals surface area contributed by atoms with E-state index in [1.807, 2.05) is 12.4 Å². The SMILES string of the molecule is CC(CN)CN1CCCC1c1ccncc1. The van der Waals surface area contributed by atoms with Gasteiger partial charge in [0.15, 0.2) is 0 Å². The summed E-state index contributed by atoms with van der Waals surface area (Å²) in [6, 6.07) is 4.85. The molecule has 1 aliphatic heterocycles. The number of hydrogen-bond donors (Lipinski definition) is 1. The summed E-state index contributed by atoms with van der Waals surface area (Å²) in [6.07, 6.45) is 6.34. The van der Waals surface area contributed by atoms with E-state index in [9.17, 15) is 0 Å². The van der Waals surface area contributed by atoms with E-state index in [1.165, 1.54) is 24.9 Å². The molecule has 1 aliphatic rings. The maximum Gasteiger partial charge on any atom is 0.0349 e. The van der Waals surface area contributed by atoms with Crippen molar-refractivity contribution in [2.45, 2.75) is 25.8 Å². The van der Waals surface area contributed by atoms with Gasteiger partial charge >= 0.3 is 0 Å². The highest BCUT2D eigenvalue weighted by atomic mass is 15.2. The van der Waals surface area contributed by atoms with E-state index in [-0.39, 0.29) is 0 Å². The smallest absolute Gasteiger partial charge is 0.0349 e. The van der Waals surface area contributed by atoms with Gasteiger partial charge in [0.25, 0.3) is 0 Å². The molecular formula is C13H21N3. The fraction of sp³-hybridized carbons (Fsp3) is 0.615. The van der Waals surface area contributed by atoms with Crippen molar-refractivity contribution in [1.29, 1.82) is 0 Å². The van der Waals surface area contributed by atoms with Gasteiger partial charge < -0.3 is 5.73 Å². The van der Waals surface area contributed by atoms with Crippen molar-refractivity contribution in [3.05, 3.63) is 30.1 Å². The second-order valence-electron chi connectivity index (χ2n) is 4.77. The lowest BCUT2D eigenvalue weighted by molar-refractivity contribution is 0.224. The zero-order chi connectivity index (χ0) is 11.4. The lowest BCUT2D eigenvalue weighted by Crippen LogP contribution is -2.31. The third-order valence-corrected chi connectivity index (χ3v) is 3.40. The van der Waals surface area contributed by atoms with Crippen molar-refractivity contribution in [2.75, 3.05) is 19.6 Å². The van der Waals surface area contributed by atoms with Gasteiger partial charge in [-0.2, -0.15) is 0 Å². The first-order valence-electron chi connectivity index (χ1n) is 6.15. The molecule has 3 nitrogen and oxygen atoms in total. The first-order chi connectivity index (χ1) is 7.81. The molecule has 0 aliphatic carbocycles. The number of rotatable bonds is 4. The predicted molar refractivity (Wildman–Crippen MR) is 66.0 cm³/mol. The average molecular weight is 219 g/mol. The van der Waals surface area contributed by atoms with Crippen molar-refractivity contribution in [2.24, 2.45) is 11.7 Å². The normalized spacial score (nSPS) is 23.5. The summed E-state index contributed by atoms with van der Waals surface area (Å²) in [5.74, 6) is 0.586. The maximum atomic E-state index is 5.70.